The summed E-state index contributed by atoms with van der Waals surface area (Å²) < 4.78 is 68.5. The van der Waals surface area contributed by atoms with Crippen LogP contribution < -0.4 is 0 Å². The fraction of sp³-hybridized carbons (Fsp3) is 0.947. The maximum Gasteiger partial charge on any atom is 0.472 e. The molecule has 0 aliphatic carbocycles. The first-order chi connectivity index (χ1) is 45.3. The van der Waals surface area contributed by atoms with Gasteiger partial charge >= 0.3 is 39.5 Å². The van der Waals surface area contributed by atoms with Crippen molar-refractivity contribution in [1.29, 1.82) is 0 Å². The van der Waals surface area contributed by atoms with Gasteiger partial charge in [0, 0.05) is 25.7 Å². The zero-order chi connectivity index (χ0) is 69.4. The third kappa shape index (κ3) is 66.0. The van der Waals surface area contributed by atoms with Crippen LogP contribution in [0.2, 0.25) is 0 Å². The zero-order valence-corrected chi connectivity index (χ0v) is 63.2. The molecular formula is C75H146O17P2. The molecule has 0 aromatic heterocycles. The van der Waals surface area contributed by atoms with Crippen molar-refractivity contribution < 1.29 is 80.2 Å². The minimum Gasteiger partial charge on any atom is -0.462 e. The van der Waals surface area contributed by atoms with Gasteiger partial charge in [0.2, 0.25) is 0 Å². The van der Waals surface area contributed by atoms with Crippen LogP contribution in [0.15, 0.2) is 0 Å². The molecule has 17 nitrogen and oxygen atoms in total. The lowest BCUT2D eigenvalue weighted by Gasteiger charge is -2.21. The highest BCUT2D eigenvalue weighted by molar-refractivity contribution is 7.47. The number of unbranched alkanes of at least 4 members (excludes halogenated alkanes) is 39. The molecule has 0 rings (SSSR count). The minimum atomic E-state index is -4.96. The molecular weight excluding hydrogens is 1230 g/mol. The standard InChI is InChI=1S/C75H146O17P2/c1-8-11-12-13-14-25-35-42-49-56-72(77)85-62-70(92-75(80)59-52-45-38-31-23-21-26-32-39-46-53-66(4)5)64-89-93(81,82)87-60-69(76)61-88-94(83,84)90-65-71(63-86-73(78)57-50-43-36-29-24-22-28-34-41-48-55-68(7)10-3)91-74(79)58-51-44-37-30-20-18-16-15-17-19-27-33-40-47-54-67(6)9-2/h66-71,76H,8-65H2,1-7H3,(H,81,82)(H,83,84)/t67?,68?,69-,70+,71+/m0/s1. The van der Waals surface area contributed by atoms with Gasteiger partial charge in [-0.1, -0.05) is 331 Å². The van der Waals surface area contributed by atoms with Gasteiger partial charge in [-0.05, 0) is 43.4 Å². The van der Waals surface area contributed by atoms with Crippen LogP contribution in [0.5, 0.6) is 0 Å². The van der Waals surface area contributed by atoms with E-state index in [1.807, 2.05) is 0 Å². The Morgan fingerprint density at radius 2 is 0.543 bits per heavy atom. The van der Waals surface area contributed by atoms with Gasteiger partial charge in [-0.2, -0.15) is 0 Å². The SMILES string of the molecule is CCCCCCCCCCCC(=O)OC[C@H](COP(=O)(O)OC[C@H](O)COP(=O)(O)OC[C@@H](COC(=O)CCCCCCCCCCCCC(C)CC)OC(=O)CCCCCCCCCCCCCCCCC(C)CC)OC(=O)CCCCCCCCCCCCC(C)C. The fourth-order valence-electron chi connectivity index (χ4n) is 11.4. The third-order valence-electron chi connectivity index (χ3n) is 18.1. The molecule has 0 aromatic rings. The molecule has 0 radical (unpaired) electrons. The van der Waals surface area contributed by atoms with Crippen LogP contribution in [0.1, 0.15) is 382 Å². The second-order valence-electron chi connectivity index (χ2n) is 28.0. The molecule has 4 unspecified atom stereocenters. The monoisotopic (exact) mass is 1380 g/mol. The van der Waals surface area contributed by atoms with Crippen molar-refractivity contribution in [3.05, 3.63) is 0 Å². The molecule has 0 fully saturated rings. The van der Waals surface area contributed by atoms with E-state index in [9.17, 15) is 43.2 Å². The van der Waals surface area contributed by atoms with Crippen LogP contribution in [-0.4, -0.2) is 96.7 Å². The first-order valence-corrected chi connectivity index (χ1v) is 41.9. The highest BCUT2D eigenvalue weighted by Gasteiger charge is 2.30. The van der Waals surface area contributed by atoms with Crippen molar-refractivity contribution in [1.82, 2.24) is 0 Å². The maximum atomic E-state index is 13.1. The minimum absolute atomic E-state index is 0.106. The Kier molecular flexibility index (Phi) is 64.3. The summed E-state index contributed by atoms with van der Waals surface area (Å²) in [7, 11) is -9.91. The molecule has 0 saturated carbocycles. The average molecular weight is 1380 g/mol. The Hall–Kier alpha value is -1.94. The number of aliphatic hydroxyl groups is 1. The molecule has 0 amide bonds. The lowest BCUT2D eigenvalue weighted by molar-refractivity contribution is -0.161. The first kappa shape index (κ1) is 92.1. The number of hydrogen-bond acceptors (Lipinski definition) is 15. The van der Waals surface area contributed by atoms with E-state index >= 15 is 0 Å². The number of rotatable bonds is 73. The number of phosphoric ester groups is 2. The van der Waals surface area contributed by atoms with Crippen LogP contribution >= 0.6 is 15.6 Å². The number of phosphoric acid groups is 2. The van der Waals surface area contributed by atoms with E-state index < -0.39 is 97.5 Å². The van der Waals surface area contributed by atoms with E-state index in [0.29, 0.717) is 25.7 Å². The van der Waals surface area contributed by atoms with Crippen molar-refractivity contribution in [3.8, 4) is 0 Å². The van der Waals surface area contributed by atoms with E-state index in [1.165, 1.54) is 193 Å². The Balaban J connectivity index is 5.24. The molecule has 19 heteroatoms. The Bertz CT molecular complexity index is 1840. The highest BCUT2D eigenvalue weighted by atomic mass is 31.2. The Morgan fingerprint density at radius 1 is 0.309 bits per heavy atom. The van der Waals surface area contributed by atoms with Crippen LogP contribution in [0.3, 0.4) is 0 Å². The zero-order valence-electron chi connectivity index (χ0n) is 61.4. The van der Waals surface area contributed by atoms with Gasteiger partial charge in [0.1, 0.15) is 19.3 Å². The number of ether oxygens (including phenoxy) is 4. The summed E-state index contributed by atoms with van der Waals surface area (Å²) in [5, 5.41) is 10.6. The largest absolute Gasteiger partial charge is 0.472 e. The second-order valence-corrected chi connectivity index (χ2v) is 30.9. The van der Waals surface area contributed by atoms with Gasteiger partial charge in [-0.3, -0.25) is 37.3 Å². The van der Waals surface area contributed by atoms with E-state index in [0.717, 1.165) is 108 Å². The van der Waals surface area contributed by atoms with Gasteiger partial charge in [0.25, 0.3) is 0 Å². The molecule has 0 aliphatic rings. The number of carbonyl (C=O) groups is 4. The maximum absolute atomic E-state index is 13.1. The third-order valence-corrected chi connectivity index (χ3v) is 20.0. The lowest BCUT2D eigenvalue weighted by atomic mass is 9.99. The van der Waals surface area contributed by atoms with E-state index in [-0.39, 0.29) is 25.7 Å². The van der Waals surface area contributed by atoms with Gasteiger partial charge in [0.05, 0.1) is 26.4 Å². The summed E-state index contributed by atoms with van der Waals surface area (Å²) in [5.74, 6) is 0.288. The topological polar surface area (TPSA) is 237 Å². The Labute approximate surface area is 575 Å². The summed E-state index contributed by atoms with van der Waals surface area (Å²) in [6, 6.07) is 0. The van der Waals surface area contributed by atoms with E-state index in [4.69, 9.17) is 37.0 Å². The summed E-state index contributed by atoms with van der Waals surface area (Å²) in [5.41, 5.74) is 0. The molecule has 7 atom stereocenters. The number of hydrogen-bond donors (Lipinski definition) is 3. The smallest absolute Gasteiger partial charge is 0.462 e. The number of esters is 4. The summed E-state index contributed by atoms with van der Waals surface area (Å²) >= 11 is 0. The van der Waals surface area contributed by atoms with E-state index in [1.54, 1.807) is 0 Å². The quantitative estimate of drug-likeness (QED) is 0.0222. The predicted molar refractivity (Wildman–Crippen MR) is 381 cm³/mol. The molecule has 94 heavy (non-hydrogen) atoms. The number of carbonyl (C=O) groups excluding carboxylic acids is 4. The molecule has 3 N–H and O–H groups in total. The summed E-state index contributed by atoms with van der Waals surface area (Å²) in [4.78, 5) is 72.7. The molecule has 558 valence electrons. The van der Waals surface area contributed by atoms with Crippen molar-refractivity contribution in [3.63, 3.8) is 0 Å². The van der Waals surface area contributed by atoms with Crippen molar-refractivity contribution >= 4 is 39.5 Å². The molecule has 0 spiro atoms. The molecule has 0 saturated heterocycles. The van der Waals surface area contributed by atoms with Gasteiger partial charge < -0.3 is 33.8 Å². The summed E-state index contributed by atoms with van der Waals surface area (Å²) in [6.07, 6.45) is 51.1. The van der Waals surface area contributed by atoms with Gasteiger partial charge in [-0.15, -0.1) is 0 Å². The molecule has 0 aliphatic heterocycles. The van der Waals surface area contributed by atoms with Crippen molar-refractivity contribution in [2.75, 3.05) is 39.6 Å². The second kappa shape index (κ2) is 65.7. The van der Waals surface area contributed by atoms with Crippen molar-refractivity contribution in [2.45, 2.75) is 401 Å². The van der Waals surface area contributed by atoms with Crippen molar-refractivity contribution in [2.24, 2.45) is 17.8 Å². The predicted octanol–water partition coefficient (Wildman–Crippen LogP) is 21.8. The van der Waals surface area contributed by atoms with Gasteiger partial charge in [0.15, 0.2) is 12.2 Å². The average Bonchev–Trinajstić information content (AvgIpc) is 1.34. The van der Waals surface area contributed by atoms with Gasteiger partial charge in [-0.25, -0.2) is 9.13 Å². The number of aliphatic hydroxyl groups excluding tert-OH is 1. The van der Waals surface area contributed by atoms with Crippen LogP contribution in [-0.2, 0) is 65.4 Å². The highest BCUT2D eigenvalue weighted by Crippen LogP contribution is 2.45. The molecule has 0 bridgehead atoms. The van der Waals surface area contributed by atoms with Crippen LogP contribution in [0, 0.1) is 17.8 Å². The molecule has 0 aromatic carbocycles. The van der Waals surface area contributed by atoms with Crippen LogP contribution in [0.4, 0.5) is 0 Å². The molecule has 0 heterocycles. The summed E-state index contributed by atoms with van der Waals surface area (Å²) in [6.45, 7) is 11.9. The normalized spacial score (nSPS) is 14.7. The first-order valence-electron chi connectivity index (χ1n) is 38.9. The fourth-order valence-corrected chi connectivity index (χ4v) is 12.9. The Morgan fingerprint density at radius 3 is 0.809 bits per heavy atom. The van der Waals surface area contributed by atoms with E-state index in [2.05, 4.69) is 48.5 Å². The van der Waals surface area contributed by atoms with Crippen LogP contribution in [0.25, 0.3) is 0 Å². The lowest BCUT2D eigenvalue weighted by Crippen LogP contribution is -2.30.